The molecule has 0 N–H and O–H groups in total. The largest absolute Gasteiger partial charge is 0.459 e. The van der Waals surface area contributed by atoms with Crippen molar-refractivity contribution in [3.8, 4) is 34.0 Å². The fourth-order valence-corrected chi connectivity index (χ4v) is 13.6. The van der Waals surface area contributed by atoms with Crippen molar-refractivity contribution in [1.82, 2.24) is 9.55 Å². The van der Waals surface area contributed by atoms with Gasteiger partial charge >= 0.3 is 6.01 Å². The maximum Gasteiger partial charge on any atom is 0.302 e. The third kappa shape index (κ3) is 4.94. The molecule has 0 amide bonds. The van der Waals surface area contributed by atoms with E-state index in [9.17, 15) is 0 Å². The van der Waals surface area contributed by atoms with Crippen LogP contribution in [0.1, 0.15) is 5.56 Å². The Hall–Kier alpha value is -6.95. The number of imidazole rings is 1. The van der Waals surface area contributed by atoms with Crippen molar-refractivity contribution in [2.75, 3.05) is 0 Å². The molecule has 0 saturated carbocycles. The molecule has 11 rings (SSSR count). The first kappa shape index (κ1) is 31.6. The van der Waals surface area contributed by atoms with Crippen LogP contribution in [-0.4, -0.2) is 17.6 Å². The minimum atomic E-state index is -2.91. The lowest BCUT2D eigenvalue weighted by Crippen LogP contribution is -2.74. The summed E-state index contributed by atoms with van der Waals surface area (Å²) in [7, 11) is -2.91. The molecule has 55 heavy (non-hydrogen) atoms. The molecular weight excluding hydrogens is 689 g/mol. The van der Waals surface area contributed by atoms with Crippen molar-refractivity contribution in [3.05, 3.63) is 200 Å². The van der Waals surface area contributed by atoms with Crippen LogP contribution in [-0.2, 0) is 6.61 Å². The Morgan fingerprint density at radius 1 is 0.491 bits per heavy atom. The third-order valence-corrected chi connectivity index (χ3v) is 16.0. The van der Waals surface area contributed by atoms with Gasteiger partial charge in [-0.1, -0.05) is 170 Å². The number of furan rings is 1. The molecule has 2 aromatic heterocycles. The number of nitrogens with zero attached hydrogens (tertiary/aromatic N) is 2. The molecule has 1 aliphatic heterocycles. The van der Waals surface area contributed by atoms with Gasteiger partial charge in [-0.05, 0) is 61.7 Å². The first-order chi connectivity index (χ1) is 27.3. The predicted octanol–water partition coefficient (Wildman–Crippen LogP) is 9.53. The average Bonchev–Trinajstić information content (AvgIpc) is 3.84. The van der Waals surface area contributed by atoms with E-state index in [4.69, 9.17) is 14.1 Å². The van der Waals surface area contributed by atoms with Crippen LogP contribution >= 0.6 is 0 Å². The van der Waals surface area contributed by atoms with Crippen LogP contribution in [0.3, 0.4) is 0 Å². The predicted molar refractivity (Wildman–Crippen MR) is 227 cm³/mol. The number of ether oxygens (including phenoxy) is 1. The smallest absolute Gasteiger partial charge is 0.302 e. The number of para-hydroxylation sites is 3. The molecule has 4 nitrogen and oxygen atoms in total. The van der Waals surface area contributed by atoms with Crippen LogP contribution in [0, 0.1) is 0 Å². The highest BCUT2D eigenvalue weighted by atomic mass is 28.3. The van der Waals surface area contributed by atoms with Crippen LogP contribution in [0.5, 0.6) is 6.01 Å². The third-order valence-electron chi connectivity index (χ3n) is 11.3. The molecule has 0 fully saturated rings. The molecule has 0 spiro atoms. The SMILES string of the molecule is c1ccc([Si](c2ccccc2)(c2cccc(-c3ccc4nc5n(c4c3)-c3ccccc3CO5)c2)c2cccc(-c3cccc4c3oc3ccccc34)c2)cc1. The molecule has 10 aromatic rings. The summed E-state index contributed by atoms with van der Waals surface area (Å²) in [5.74, 6) is 0. The standard InChI is InChI=1S/C50H34N2O2Si/c1-3-17-38(18-4-1)55(39-19-5-2-6-20-39,41-22-12-16-36(31-41)42-24-13-25-44-43-23-8-10-27-48(43)54-49(42)44)40-21-11-15-34(30-40)35-28-29-45-47(32-35)52-46-26-9-7-14-37(46)33-53-50(52)51-45/h1-32H,33H2. The molecule has 3 heterocycles. The summed E-state index contributed by atoms with van der Waals surface area (Å²) in [6, 6.07) is 71.1. The van der Waals surface area contributed by atoms with Gasteiger partial charge in [0.1, 0.15) is 17.8 Å². The van der Waals surface area contributed by atoms with E-state index in [1.165, 1.54) is 20.7 Å². The van der Waals surface area contributed by atoms with Crippen LogP contribution in [0.15, 0.2) is 199 Å². The Kier molecular flexibility index (Phi) is 7.22. The quantitative estimate of drug-likeness (QED) is 0.127. The molecule has 0 unspecified atom stereocenters. The Labute approximate surface area is 319 Å². The number of fused-ring (bicyclic) bond motifs is 8. The second kappa shape index (κ2) is 12.6. The normalized spacial score (nSPS) is 12.4. The van der Waals surface area contributed by atoms with E-state index in [0.29, 0.717) is 12.6 Å². The molecule has 0 aliphatic carbocycles. The van der Waals surface area contributed by atoms with Gasteiger partial charge in [-0.2, -0.15) is 4.98 Å². The lowest BCUT2D eigenvalue weighted by molar-refractivity contribution is 0.265. The molecule has 8 aromatic carbocycles. The molecule has 1 aliphatic rings. The van der Waals surface area contributed by atoms with Crippen molar-refractivity contribution in [1.29, 1.82) is 0 Å². The van der Waals surface area contributed by atoms with E-state index >= 15 is 0 Å². The highest BCUT2D eigenvalue weighted by Crippen LogP contribution is 2.37. The van der Waals surface area contributed by atoms with Gasteiger partial charge in [0, 0.05) is 21.9 Å². The van der Waals surface area contributed by atoms with Crippen LogP contribution in [0.4, 0.5) is 0 Å². The summed E-state index contributed by atoms with van der Waals surface area (Å²) < 4.78 is 14.8. The molecule has 0 radical (unpaired) electrons. The van der Waals surface area contributed by atoms with Crippen molar-refractivity contribution >= 4 is 61.8 Å². The van der Waals surface area contributed by atoms with E-state index in [1.807, 2.05) is 6.07 Å². The summed E-state index contributed by atoms with van der Waals surface area (Å²) in [5, 5.41) is 7.54. The van der Waals surface area contributed by atoms with Crippen LogP contribution in [0.2, 0.25) is 0 Å². The minimum Gasteiger partial charge on any atom is -0.459 e. The summed E-state index contributed by atoms with van der Waals surface area (Å²) in [5.41, 5.74) is 10.6. The molecule has 0 atom stereocenters. The summed E-state index contributed by atoms with van der Waals surface area (Å²) in [6.45, 7) is 0.523. The summed E-state index contributed by atoms with van der Waals surface area (Å²) >= 11 is 0. The van der Waals surface area contributed by atoms with Gasteiger partial charge in [0.05, 0.1) is 16.7 Å². The lowest BCUT2D eigenvalue weighted by Gasteiger charge is -2.35. The van der Waals surface area contributed by atoms with E-state index in [2.05, 4.69) is 193 Å². The van der Waals surface area contributed by atoms with E-state index < -0.39 is 8.07 Å². The van der Waals surface area contributed by atoms with Gasteiger partial charge in [0.25, 0.3) is 0 Å². The van der Waals surface area contributed by atoms with Crippen LogP contribution in [0.25, 0.3) is 60.9 Å². The molecule has 5 heteroatoms. The summed E-state index contributed by atoms with van der Waals surface area (Å²) in [6.07, 6.45) is 0. The average molecular weight is 723 g/mol. The molecule has 260 valence electrons. The van der Waals surface area contributed by atoms with E-state index in [1.54, 1.807) is 0 Å². The Balaban J connectivity index is 1.13. The summed E-state index contributed by atoms with van der Waals surface area (Å²) in [4.78, 5) is 4.87. The number of hydrogen-bond donors (Lipinski definition) is 0. The second-order valence-electron chi connectivity index (χ2n) is 14.3. The van der Waals surface area contributed by atoms with Gasteiger partial charge in [0.15, 0.2) is 8.07 Å². The number of aromatic nitrogens is 2. The van der Waals surface area contributed by atoms with Gasteiger partial charge in [0.2, 0.25) is 0 Å². The van der Waals surface area contributed by atoms with E-state index in [-0.39, 0.29) is 0 Å². The maximum absolute atomic E-state index is 6.56. The zero-order valence-corrected chi connectivity index (χ0v) is 30.9. The monoisotopic (exact) mass is 722 g/mol. The Morgan fingerprint density at radius 3 is 1.91 bits per heavy atom. The van der Waals surface area contributed by atoms with Gasteiger partial charge in [-0.15, -0.1) is 0 Å². The highest BCUT2D eigenvalue weighted by molar-refractivity contribution is 7.20. The first-order valence-corrected chi connectivity index (χ1v) is 20.7. The van der Waals surface area contributed by atoms with Crippen molar-refractivity contribution in [2.24, 2.45) is 0 Å². The lowest BCUT2D eigenvalue weighted by atomic mass is 10.0. The van der Waals surface area contributed by atoms with Crippen molar-refractivity contribution in [2.45, 2.75) is 6.61 Å². The van der Waals surface area contributed by atoms with Gasteiger partial charge in [-0.3, -0.25) is 4.57 Å². The first-order valence-electron chi connectivity index (χ1n) is 18.7. The molecule has 0 saturated heterocycles. The molecular formula is C50H34N2O2Si. The zero-order valence-electron chi connectivity index (χ0n) is 29.9. The van der Waals surface area contributed by atoms with Gasteiger partial charge < -0.3 is 9.15 Å². The van der Waals surface area contributed by atoms with Crippen molar-refractivity contribution in [3.63, 3.8) is 0 Å². The second-order valence-corrected chi connectivity index (χ2v) is 18.1. The Bertz CT molecular complexity index is 3020. The topological polar surface area (TPSA) is 40.2 Å². The van der Waals surface area contributed by atoms with Crippen LogP contribution < -0.4 is 25.5 Å². The number of benzene rings is 8. The molecule has 0 bridgehead atoms. The zero-order chi connectivity index (χ0) is 36.3. The van der Waals surface area contributed by atoms with Crippen molar-refractivity contribution < 1.29 is 9.15 Å². The van der Waals surface area contributed by atoms with Gasteiger partial charge in [-0.25, -0.2) is 0 Å². The fraction of sp³-hybridized carbons (Fsp3) is 0.0200. The Morgan fingerprint density at radius 2 is 1.11 bits per heavy atom. The van der Waals surface area contributed by atoms with E-state index in [0.717, 1.165) is 66.5 Å². The number of hydrogen-bond acceptors (Lipinski definition) is 3. The maximum atomic E-state index is 6.56. The highest BCUT2D eigenvalue weighted by Gasteiger charge is 2.41. The fourth-order valence-electron chi connectivity index (χ4n) is 8.76. The minimum absolute atomic E-state index is 0.523. The number of rotatable bonds is 6.